The lowest BCUT2D eigenvalue weighted by atomic mass is 9.45. The standard InChI is InChI=1S/C31H45NO7/c1-16(2)11-18-5-6-20-19-7-8-22-21-14-37-15-31(22,23(19)12-24(33)27(20)26(18)29(34)35)13-25(28(21)38-10-9-32)39-30(36)17-3-4-17/h12,16-22,25-28H,3-11,13-15,32H2,1-2H3,(H,34,35)/t18?,19?,20?,21?,22?,25-,26?,27?,28-,31+/m1/s1. The molecule has 10 atom stereocenters. The number of nitrogens with two attached hydrogens (primary N) is 1. The van der Waals surface area contributed by atoms with Crippen molar-refractivity contribution in [2.24, 2.45) is 64.4 Å². The van der Waals surface area contributed by atoms with Crippen molar-refractivity contribution < 1.29 is 33.7 Å². The number of allylic oxidation sites excluding steroid dienone is 1. The Labute approximate surface area is 231 Å². The Morgan fingerprint density at radius 2 is 1.95 bits per heavy atom. The largest absolute Gasteiger partial charge is 0.481 e. The van der Waals surface area contributed by atoms with Crippen molar-refractivity contribution in [3.63, 3.8) is 0 Å². The van der Waals surface area contributed by atoms with E-state index in [1.807, 2.05) is 6.08 Å². The van der Waals surface area contributed by atoms with Gasteiger partial charge in [0.2, 0.25) is 0 Å². The van der Waals surface area contributed by atoms with E-state index in [2.05, 4.69) is 13.8 Å². The summed E-state index contributed by atoms with van der Waals surface area (Å²) in [6, 6.07) is 0. The maximum Gasteiger partial charge on any atom is 0.309 e. The van der Waals surface area contributed by atoms with Gasteiger partial charge in [0.05, 0.1) is 37.8 Å². The molecule has 5 aliphatic carbocycles. The van der Waals surface area contributed by atoms with Crippen LogP contribution in [-0.4, -0.2) is 61.4 Å². The summed E-state index contributed by atoms with van der Waals surface area (Å²) in [7, 11) is 0. The number of ketones is 1. The van der Waals surface area contributed by atoms with Gasteiger partial charge in [-0.1, -0.05) is 19.4 Å². The van der Waals surface area contributed by atoms with Gasteiger partial charge in [0.1, 0.15) is 6.10 Å². The van der Waals surface area contributed by atoms with Crippen LogP contribution in [0.1, 0.15) is 65.2 Å². The van der Waals surface area contributed by atoms with Crippen molar-refractivity contribution in [3.8, 4) is 0 Å². The number of carboxylic acid groups (broad SMARTS) is 1. The molecule has 2 bridgehead atoms. The molecule has 216 valence electrons. The van der Waals surface area contributed by atoms with Gasteiger partial charge >= 0.3 is 11.9 Å². The van der Waals surface area contributed by atoms with Crippen LogP contribution in [0.4, 0.5) is 0 Å². The molecule has 0 aromatic carbocycles. The molecular formula is C31H45NO7. The molecule has 6 rings (SSSR count). The second kappa shape index (κ2) is 10.6. The molecule has 8 heteroatoms. The number of ether oxygens (including phenoxy) is 3. The van der Waals surface area contributed by atoms with Gasteiger partial charge in [0.15, 0.2) is 5.78 Å². The Morgan fingerprint density at radius 3 is 2.64 bits per heavy atom. The van der Waals surface area contributed by atoms with Gasteiger partial charge in [-0.15, -0.1) is 0 Å². The van der Waals surface area contributed by atoms with Gasteiger partial charge in [-0.25, -0.2) is 0 Å². The smallest absolute Gasteiger partial charge is 0.309 e. The van der Waals surface area contributed by atoms with Crippen LogP contribution in [0.25, 0.3) is 0 Å². The highest BCUT2D eigenvalue weighted by Gasteiger charge is 2.64. The summed E-state index contributed by atoms with van der Waals surface area (Å²) in [5.41, 5.74) is 6.56. The second-order valence-electron chi connectivity index (χ2n) is 13.7. The summed E-state index contributed by atoms with van der Waals surface area (Å²) >= 11 is 0. The Kier molecular flexibility index (Phi) is 7.43. The van der Waals surface area contributed by atoms with Crippen LogP contribution in [0.3, 0.4) is 0 Å². The van der Waals surface area contributed by atoms with Crippen LogP contribution in [0.15, 0.2) is 11.6 Å². The van der Waals surface area contributed by atoms with Crippen molar-refractivity contribution in [2.75, 3.05) is 26.4 Å². The molecule has 0 aromatic rings. The van der Waals surface area contributed by atoms with Crippen molar-refractivity contribution in [2.45, 2.75) is 77.4 Å². The lowest BCUT2D eigenvalue weighted by molar-refractivity contribution is -0.225. The minimum absolute atomic E-state index is 0.00390. The number of aliphatic carboxylic acids is 1. The van der Waals surface area contributed by atoms with Crippen molar-refractivity contribution >= 4 is 17.7 Å². The SMILES string of the molecule is CC(C)CC1CCC2C3CCC4C5COC[C@]4(C[C@@H](OC(=O)C4CC4)[C@@H]5OCCN)C3=CC(=O)C2C1C(=O)O. The predicted molar refractivity (Wildman–Crippen MR) is 142 cm³/mol. The highest BCUT2D eigenvalue weighted by molar-refractivity contribution is 5.97. The van der Waals surface area contributed by atoms with E-state index in [9.17, 15) is 19.5 Å². The van der Waals surface area contributed by atoms with Crippen LogP contribution >= 0.6 is 0 Å². The minimum atomic E-state index is -0.821. The van der Waals surface area contributed by atoms with Gasteiger partial charge < -0.3 is 25.1 Å². The summed E-state index contributed by atoms with van der Waals surface area (Å²) in [6.07, 6.45) is 8.08. The number of esters is 1. The van der Waals surface area contributed by atoms with Gasteiger partial charge in [-0.2, -0.15) is 0 Å². The summed E-state index contributed by atoms with van der Waals surface area (Å²) in [6.45, 7) is 6.13. The fourth-order valence-corrected chi connectivity index (χ4v) is 9.53. The topological polar surface area (TPSA) is 125 Å². The fourth-order valence-electron chi connectivity index (χ4n) is 9.53. The first-order valence-electron chi connectivity index (χ1n) is 15.3. The molecule has 5 fully saturated rings. The molecule has 0 radical (unpaired) electrons. The first kappa shape index (κ1) is 27.4. The molecule has 6 aliphatic rings. The van der Waals surface area contributed by atoms with E-state index in [1.165, 1.54) is 0 Å². The molecular weight excluding hydrogens is 498 g/mol. The molecule has 8 nitrogen and oxygen atoms in total. The van der Waals surface area contributed by atoms with Crippen LogP contribution in [-0.2, 0) is 28.6 Å². The van der Waals surface area contributed by atoms with Gasteiger partial charge in [-0.3, -0.25) is 14.4 Å². The summed E-state index contributed by atoms with van der Waals surface area (Å²) in [5, 5.41) is 10.3. The van der Waals surface area contributed by atoms with Crippen LogP contribution in [0, 0.1) is 58.7 Å². The maximum atomic E-state index is 13.9. The monoisotopic (exact) mass is 543 g/mol. The van der Waals surface area contributed by atoms with Gasteiger partial charge in [0, 0.05) is 23.8 Å². The Bertz CT molecular complexity index is 1020. The number of carboxylic acids is 1. The number of hydrogen-bond donors (Lipinski definition) is 2. The van der Waals surface area contributed by atoms with Crippen molar-refractivity contribution in [1.29, 1.82) is 0 Å². The average Bonchev–Trinajstić information content (AvgIpc) is 3.73. The number of carbonyl (C=O) groups excluding carboxylic acids is 2. The third-order valence-electron chi connectivity index (χ3n) is 11.0. The number of hydrogen-bond acceptors (Lipinski definition) is 7. The van der Waals surface area contributed by atoms with E-state index >= 15 is 0 Å². The zero-order valence-electron chi connectivity index (χ0n) is 23.4. The molecule has 39 heavy (non-hydrogen) atoms. The molecule has 0 spiro atoms. The molecule has 0 amide bonds. The second-order valence-corrected chi connectivity index (χ2v) is 13.7. The average molecular weight is 544 g/mol. The Balaban J connectivity index is 1.35. The molecule has 0 aromatic heterocycles. The lowest BCUT2D eigenvalue weighted by Gasteiger charge is -2.63. The number of fused-ring (bicyclic) bond motifs is 3. The third kappa shape index (κ3) is 4.68. The summed E-state index contributed by atoms with van der Waals surface area (Å²) in [4.78, 5) is 39.3. The lowest BCUT2D eigenvalue weighted by Crippen LogP contribution is -2.64. The summed E-state index contributed by atoms with van der Waals surface area (Å²) in [5.74, 6) is -1.02. The zero-order chi connectivity index (χ0) is 27.5. The highest BCUT2D eigenvalue weighted by Crippen LogP contribution is 2.64. The van der Waals surface area contributed by atoms with Crippen molar-refractivity contribution in [3.05, 3.63) is 11.6 Å². The first-order valence-corrected chi connectivity index (χ1v) is 15.3. The van der Waals surface area contributed by atoms with E-state index in [0.29, 0.717) is 38.7 Å². The highest BCUT2D eigenvalue weighted by atomic mass is 16.6. The maximum absolute atomic E-state index is 13.9. The van der Waals surface area contributed by atoms with Gasteiger partial charge in [-0.05, 0) is 87.0 Å². The molecule has 3 N–H and O–H groups in total. The Hall–Kier alpha value is -1.77. The molecule has 4 saturated carbocycles. The van der Waals surface area contributed by atoms with Crippen LogP contribution < -0.4 is 5.73 Å². The number of rotatable bonds is 8. The van der Waals surface area contributed by atoms with E-state index in [0.717, 1.165) is 50.5 Å². The normalized spacial score (nSPS) is 43.1. The Morgan fingerprint density at radius 1 is 1.15 bits per heavy atom. The van der Waals surface area contributed by atoms with Gasteiger partial charge in [0.25, 0.3) is 0 Å². The van der Waals surface area contributed by atoms with Crippen molar-refractivity contribution in [1.82, 2.24) is 0 Å². The molecule has 1 saturated heterocycles. The van der Waals surface area contributed by atoms with E-state index < -0.39 is 23.9 Å². The van der Waals surface area contributed by atoms with Crippen LogP contribution in [0.5, 0.6) is 0 Å². The predicted octanol–water partition coefficient (Wildman–Crippen LogP) is 3.61. The molecule has 1 aliphatic heterocycles. The first-order chi connectivity index (χ1) is 18.7. The quantitative estimate of drug-likeness (QED) is 0.445. The molecule has 1 heterocycles. The van der Waals surface area contributed by atoms with Crippen LogP contribution in [0.2, 0.25) is 0 Å². The third-order valence-corrected chi connectivity index (χ3v) is 11.0. The minimum Gasteiger partial charge on any atom is -0.481 e. The van der Waals surface area contributed by atoms with E-state index in [1.54, 1.807) is 0 Å². The van der Waals surface area contributed by atoms with E-state index in [-0.39, 0.29) is 58.8 Å². The molecule has 7 unspecified atom stereocenters. The number of carbonyl (C=O) groups is 3. The van der Waals surface area contributed by atoms with E-state index in [4.69, 9.17) is 19.9 Å². The summed E-state index contributed by atoms with van der Waals surface area (Å²) < 4.78 is 18.7. The fraction of sp³-hybridized carbons (Fsp3) is 0.839. The zero-order valence-corrected chi connectivity index (χ0v) is 23.4.